The van der Waals surface area contributed by atoms with Crippen molar-refractivity contribution in [2.45, 2.75) is 38.3 Å². The Morgan fingerprint density at radius 3 is 2.83 bits per heavy atom. The van der Waals surface area contributed by atoms with Gasteiger partial charge in [0.25, 0.3) is 0 Å². The van der Waals surface area contributed by atoms with Crippen molar-refractivity contribution in [2.24, 2.45) is 10.7 Å². The minimum atomic E-state index is -1.23. The Morgan fingerprint density at radius 2 is 2.20 bits per heavy atom. The van der Waals surface area contributed by atoms with Crippen LogP contribution in [0.2, 0.25) is 0 Å². The summed E-state index contributed by atoms with van der Waals surface area (Å²) >= 11 is 3.04. The summed E-state index contributed by atoms with van der Waals surface area (Å²) in [5, 5.41) is 2.56. The van der Waals surface area contributed by atoms with Gasteiger partial charge in [0.2, 0.25) is 0 Å². The number of nitrogens with zero attached hydrogens (tertiary/aromatic N) is 3. The summed E-state index contributed by atoms with van der Waals surface area (Å²) in [6, 6.07) is 6.16. The van der Waals surface area contributed by atoms with Crippen LogP contribution in [0.1, 0.15) is 37.3 Å². The van der Waals surface area contributed by atoms with E-state index in [4.69, 9.17) is 10.5 Å². The lowest BCUT2D eigenvalue weighted by Crippen LogP contribution is -2.36. The zero-order valence-electron chi connectivity index (χ0n) is 20.0. The highest BCUT2D eigenvalue weighted by Gasteiger charge is 2.40. The van der Waals surface area contributed by atoms with Gasteiger partial charge in [0.1, 0.15) is 22.6 Å². The van der Waals surface area contributed by atoms with E-state index in [1.165, 1.54) is 23.5 Å². The van der Waals surface area contributed by atoms with Crippen LogP contribution in [0.3, 0.4) is 0 Å². The van der Waals surface area contributed by atoms with Crippen LogP contribution in [0, 0.1) is 5.82 Å². The van der Waals surface area contributed by atoms with Crippen LogP contribution in [-0.2, 0) is 19.9 Å². The van der Waals surface area contributed by atoms with Gasteiger partial charge in [-0.15, -0.1) is 11.3 Å². The average Bonchev–Trinajstić information content (AvgIpc) is 3.52. The monoisotopic (exact) mass is 518 g/mol. The summed E-state index contributed by atoms with van der Waals surface area (Å²) in [5.41, 5.74) is 6.19. The zero-order chi connectivity index (χ0) is 25.3. The third kappa shape index (κ3) is 6.56. The fourth-order valence-corrected chi connectivity index (χ4v) is 5.96. The molecule has 0 saturated carbocycles. The predicted octanol–water partition coefficient (Wildman–Crippen LogP) is 3.90. The van der Waals surface area contributed by atoms with Crippen LogP contribution in [0.5, 0.6) is 0 Å². The summed E-state index contributed by atoms with van der Waals surface area (Å²) in [6.45, 7) is 5.05. The van der Waals surface area contributed by atoms with Gasteiger partial charge in [-0.25, -0.2) is 14.2 Å². The quantitative estimate of drug-likeness (QED) is 0.114. The molecule has 10 heteroatoms. The van der Waals surface area contributed by atoms with E-state index in [1.54, 1.807) is 43.9 Å². The smallest absolute Gasteiger partial charge is 0.337 e. The number of rotatable bonds is 12. The molecule has 1 fully saturated rings. The second kappa shape index (κ2) is 12.9. The van der Waals surface area contributed by atoms with Crippen molar-refractivity contribution in [2.75, 3.05) is 31.2 Å². The van der Waals surface area contributed by atoms with Crippen molar-refractivity contribution < 1.29 is 18.7 Å². The summed E-state index contributed by atoms with van der Waals surface area (Å²) in [7, 11) is 0. The maximum atomic E-state index is 13.8. The molecule has 1 aliphatic rings. The summed E-state index contributed by atoms with van der Waals surface area (Å²) in [4.78, 5) is 35.7. The van der Waals surface area contributed by atoms with Crippen molar-refractivity contribution in [1.29, 1.82) is 0 Å². The first-order valence-corrected chi connectivity index (χ1v) is 13.6. The molecule has 1 aromatic heterocycles. The van der Waals surface area contributed by atoms with Crippen LogP contribution in [0.15, 0.2) is 46.4 Å². The molecule has 1 aliphatic heterocycles. The van der Waals surface area contributed by atoms with E-state index in [9.17, 15) is 14.0 Å². The number of likely N-dealkylation sites (tertiary alicyclic amines) is 1. The molecule has 2 atom stereocenters. The van der Waals surface area contributed by atoms with Gasteiger partial charge in [-0.05, 0) is 50.9 Å². The number of aldehydes is 1. The maximum Gasteiger partial charge on any atom is 0.337 e. The lowest BCUT2D eigenvalue weighted by molar-refractivity contribution is -0.139. The second-order valence-electron chi connectivity index (χ2n) is 8.24. The van der Waals surface area contributed by atoms with E-state index < -0.39 is 11.5 Å². The number of benzene rings is 1. The topological polar surface area (TPSA) is 97.9 Å². The number of aliphatic imine (C=N–C) groups is 1. The molecule has 7 nitrogen and oxygen atoms in total. The molecule has 1 saturated heterocycles. The molecule has 0 amide bonds. The summed E-state index contributed by atoms with van der Waals surface area (Å²) < 4.78 is 19.3. The van der Waals surface area contributed by atoms with E-state index in [2.05, 4.69) is 14.9 Å². The largest absolute Gasteiger partial charge is 0.463 e. The molecule has 3 rings (SSSR count). The third-order valence-electron chi connectivity index (χ3n) is 6.05. The summed E-state index contributed by atoms with van der Waals surface area (Å²) in [5.74, 6) is 0.388. The van der Waals surface area contributed by atoms with Crippen molar-refractivity contribution in [3.05, 3.63) is 57.8 Å². The molecule has 0 aliphatic carbocycles. The van der Waals surface area contributed by atoms with Gasteiger partial charge in [-0.2, -0.15) is 11.8 Å². The van der Waals surface area contributed by atoms with Gasteiger partial charge in [0.05, 0.1) is 18.5 Å². The third-order valence-corrected chi connectivity index (χ3v) is 7.88. The Labute approximate surface area is 213 Å². The molecule has 2 heterocycles. The van der Waals surface area contributed by atoms with Gasteiger partial charge in [0.15, 0.2) is 0 Å². The van der Waals surface area contributed by atoms with Crippen LogP contribution in [0.25, 0.3) is 5.57 Å². The number of thiazole rings is 1. The first-order chi connectivity index (χ1) is 16.9. The highest BCUT2D eigenvalue weighted by Crippen LogP contribution is 2.40. The van der Waals surface area contributed by atoms with E-state index in [1.807, 2.05) is 5.38 Å². The Kier molecular flexibility index (Phi) is 10.00. The molecule has 2 aromatic rings. The van der Waals surface area contributed by atoms with Gasteiger partial charge in [0, 0.05) is 41.2 Å². The number of thioether (sulfide) groups is 1. The number of aromatic nitrogens is 1. The minimum absolute atomic E-state index is 0.188. The number of ether oxygens (including phenoxy) is 1. The van der Waals surface area contributed by atoms with Gasteiger partial charge in [-0.1, -0.05) is 12.1 Å². The number of hydrogen-bond acceptors (Lipinski definition) is 8. The molecule has 1 unspecified atom stereocenters. The van der Waals surface area contributed by atoms with Gasteiger partial charge < -0.3 is 15.3 Å². The number of halogens is 1. The molecular formula is C25H31FN4O3S2. The summed E-state index contributed by atoms with van der Waals surface area (Å²) in [6.07, 6.45) is 5.83. The number of hydrogen-bond donors (Lipinski definition) is 1. The number of esters is 1. The Hall–Kier alpha value is -2.56. The SMILES string of the molecule is CCOC(=O)/C(=C(\CN1CCCC1CSCC=O)c1nccs1)[C@@](C)(N=CN)c1ccc(F)cc1. The number of nitrogens with two attached hydrogens (primary N) is 1. The van der Waals surface area contributed by atoms with E-state index in [0.717, 1.165) is 37.8 Å². The first-order valence-electron chi connectivity index (χ1n) is 11.5. The van der Waals surface area contributed by atoms with Crippen molar-refractivity contribution in [1.82, 2.24) is 9.88 Å². The lowest BCUT2D eigenvalue weighted by Gasteiger charge is -2.32. The molecular weight excluding hydrogens is 487 g/mol. The van der Waals surface area contributed by atoms with E-state index >= 15 is 0 Å². The standard InChI is InChI=1S/C25H31FN4O3S2/c1-3-33-24(32)22(25(2,29-17-27)18-6-8-19(26)9-7-18)21(23-28-10-13-35-23)15-30-11-4-5-20(30)16-34-14-12-31/h6-10,12-13,17,20H,3-5,11,14-16H2,1-2H3,(H2,27,29)/b22-21-/t20?,25-/m0/s1. The number of carbonyl (C=O) groups is 2. The highest BCUT2D eigenvalue weighted by molar-refractivity contribution is 7.99. The van der Waals surface area contributed by atoms with E-state index in [-0.39, 0.29) is 18.5 Å². The zero-order valence-corrected chi connectivity index (χ0v) is 21.6. The van der Waals surface area contributed by atoms with Crippen LogP contribution >= 0.6 is 23.1 Å². The molecule has 1 aromatic carbocycles. The van der Waals surface area contributed by atoms with Crippen LogP contribution in [-0.4, -0.2) is 65.7 Å². The molecule has 35 heavy (non-hydrogen) atoms. The first kappa shape index (κ1) is 27.0. The normalized spacial score (nSPS) is 18.9. The average molecular weight is 519 g/mol. The van der Waals surface area contributed by atoms with Crippen molar-refractivity contribution in [3.63, 3.8) is 0 Å². The predicted molar refractivity (Wildman–Crippen MR) is 140 cm³/mol. The Balaban J connectivity index is 2.17. The molecule has 188 valence electrons. The van der Waals surface area contributed by atoms with Gasteiger partial charge >= 0.3 is 5.97 Å². The lowest BCUT2D eigenvalue weighted by atomic mass is 9.81. The minimum Gasteiger partial charge on any atom is -0.463 e. The van der Waals surface area contributed by atoms with Crippen LogP contribution < -0.4 is 5.73 Å². The fraction of sp³-hybridized carbons (Fsp3) is 0.440. The fourth-order valence-electron chi connectivity index (χ4n) is 4.40. The molecule has 2 N–H and O–H groups in total. The maximum absolute atomic E-state index is 13.8. The molecule has 0 radical (unpaired) electrons. The number of carbonyl (C=O) groups excluding carboxylic acids is 2. The Morgan fingerprint density at radius 1 is 1.43 bits per heavy atom. The van der Waals surface area contributed by atoms with E-state index in [0.29, 0.717) is 34.0 Å². The second-order valence-corrected chi connectivity index (χ2v) is 10.2. The van der Waals surface area contributed by atoms with Crippen molar-refractivity contribution in [3.8, 4) is 0 Å². The highest BCUT2D eigenvalue weighted by atomic mass is 32.2. The van der Waals surface area contributed by atoms with Gasteiger partial charge in [-0.3, -0.25) is 9.89 Å². The molecule has 0 bridgehead atoms. The molecule has 0 spiro atoms. The van der Waals surface area contributed by atoms with Crippen LogP contribution in [0.4, 0.5) is 4.39 Å². The Bertz CT molecular complexity index is 1040. The van der Waals surface area contributed by atoms with Crippen molar-refractivity contribution >= 4 is 47.3 Å².